The first-order valence-corrected chi connectivity index (χ1v) is 6.71. The average Bonchev–Trinajstić information content (AvgIpc) is 2.66. The average molecular weight is 225 g/mol. The molecule has 2 rings (SSSR count). The Morgan fingerprint density at radius 1 is 1.12 bits per heavy atom. The molecule has 3 heteroatoms. The van der Waals surface area contributed by atoms with Crippen molar-refractivity contribution in [2.45, 2.75) is 57.4 Å². The Morgan fingerprint density at radius 2 is 1.88 bits per heavy atom. The molecule has 0 aromatic rings. The second-order valence-corrected chi connectivity index (χ2v) is 5.40. The topological polar surface area (TPSA) is 40.5 Å². The molecule has 2 fully saturated rings. The third-order valence-corrected chi connectivity index (χ3v) is 4.17. The number of hydrogen-bond acceptors (Lipinski definition) is 2. The van der Waals surface area contributed by atoms with Crippen molar-refractivity contribution in [3.05, 3.63) is 0 Å². The van der Waals surface area contributed by atoms with E-state index in [0.717, 1.165) is 12.5 Å². The van der Waals surface area contributed by atoms with Crippen LogP contribution in [0.3, 0.4) is 0 Å². The Labute approximate surface area is 97.8 Å². The minimum Gasteiger partial charge on any atom is -0.480 e. The quantitative estimate of drug-likeness (QED) is 0.799. The number of carboxylic acids is 1. The summed E-state index contributed by atoms with van der Waals surface area (Å²) in [5.41, 5.74) is 0. The Balaban J connectivity index is 1.80. The molecule has 1 aliphatic heterocycles. The lowest BCUT2D eigenvalue weighted by molar-refractivity contribution is -0.138. The summed E-state index contributed by atoms with van der Waals surface area (Å²) in [7, 11) is 0. The van der Waals surface area contributed by atoms with Gasteiger partial charge in [-0.25, -0.2) is 0 Å². The highest BCUT2D eigenvalue weighted by atomic mass is 16.4. The van der Waals surface area contributed by atoms with E-state index in [9.17, 15) is 4.79 Å². The summed E-state index contributed by atoms with van der Waals surface area (Å²) in [5.74, 6) is 0.198. The molecule has 1 unspecified atom stereocenters. The van der Waals surface area contributed by atoms with Gasteiger partial charge in [-0.05, 0) is 31.7 Å². The van der Waals surface area contributed by atoms with Gasteiger partial charge in [-0.15, -0.1) is 0 Å². The van der Waals surface area contributed by atoms with Crippen molar-refractivity contribution >= 4 is 5.97 Å². The van der Waals surface area contributed by atoms with Crippen molar-refractivity contribution in [1.82, 2.24) is 4.90 Å². The summed E-state index contributed by atoms with van der Waals surface area (Å²) in [5, 5.41) is 8.86. The van der Waals surface area contributed by atoms with Gasteiger partial charge in [0.25, 0.3) is 0 Å². The van der Waals surface area contributed by atoms with E-state index in [0.29, 0.717) is 6.04 Å². The predicted molar refractivity (Wildman–Crippen MR) is 63.4 cm³/mol. The van der Waals surface area contributed by atoms with E-state index in [2.05, 4.69) is 4.90 Å². The molecule has 1 aliphatic carbocycles. The van der Waals surface area contributed by atoms with Crippen LogP contribution in [-0.2, 0) is 4.79 Å². The molecule has 0 amide bonds. The summed E-state index contributed by atoms with van der Waals surface area (Å²) < 4.78 is 0. The van der Waals surface area contributed by atoms with Gasteiger partial charge in [0.05, 0.1) is 6.54 Å². The van der Waals surface area contributed by atoms with Crippen LogP contribution < -0.4 is 0 Å². The maximum absolute atomic E-state index is 10.8. The molecule has 1 N–H and O–H groups in total. The summed E-state index contributed by atoms with van der Waals surface area (Å²) in [6.07, 6.45) is 10.6. The van der Waals surface area contributed by atoms with Crippen molar-refractivity contribution in [3.8, 4) is 0 Å². The number of rotatable bonds is 4. The SMILES string of the molecule is O=C(O)CN1CCCC1CC1CCCCC1. The third kappa shape index (κ3) is 3.21. The van der Waals surface area contributed by atoms with E-state index in [1.165, 1.54) is 51.4 Å². The van der Waals surface area contributed by atoms with E-state index < -0.39 is 5.97 Å². The number of aliphatic carboxylic acids is 1. The molecule has 1 saturated heterocycles. The molecule has 0 spiro atoms. The number of nitrogens with zero attached hydrogens (tertiary/aromatic N) is 1. The van der Waals surface area contributed by atoms with Gasteiger partial charge >= 0.3 is 5.97 Å². The van der Waals surface area contributed by atoms with Crippen LogP contribution in [0.25, 0.3) is 0 Å². The highest BCUT2D eigenvalue weighted by Crippen LogP contribution is 2.31. The van der Waals surface area contributed by atoms with Gasteiger partial charge in [-0.1, -0.05) is 32.1 Å². The predicted octanol–water partition coefficient (Wildman–Crippen LogP) is 2.51. The third-order valence-electron chi connectivity index (χ3n) is 4.17. The zero-order valence-electron chi connectivity index (χ0n) is 10.0. The largest absolute Gasteiger partial charge is 0.480 e. The Kier molecular flexibility index (Phi) is 4.22. The molecule has 0 bridgehead atoms. The molecule has 92 valence electrons. The van der Waals surface area contributed by atoms with Crippen LogP contribution in [-0.4, -0.2) is 35.1 Å². The van der Waals surface area contributed by atoms with E-state index in [1.54, 1.807) is 0 Å². The zero-order valence-corrected chi connectivity index (χ0v) is 10.0. The molecule has 0 aromatic carbocycles. The molecule has 1 saturated carbocycles. The molecule has 3 nitrogen and oxygen atoms in total. The fourth-order valence-electron chi connectivity index (χ4n) is 3.35. The molecule has 1 heterocycles. The fraction of sp³-hybridized carbons (Fsp3) is 0.923. The van der Waals surface area contributed by atoms with E-state index in [4.69, 9.17) is 5.11 Å². The van der Waals surface area contributed by atoms with Gasteiger partial charge in [0, 0.05) is 6.04 Å². The highest BCUT2D eigenvalue weighted by molar-refractivity contribution is 5.69. The maximum atomic E-state index is 10.8. The van der Waals surface area contributed by atoms with Gasteiger partial charge in [0.15, 0.2) is 0 Å². The number of likely N-dealkylation sites (tertiary alicyclic amines) is 1. The van der Waals surface area contributed by atoms with Gasteiger partial charge in [0.2, 0.25) is 0 Å². The van der Waals surface area contributed by atoms with Crippen LogP contribution in [0.4, 0.5) is 0 Å². The van der Waals surface area contributed by atoms with Crippen LogP contribution in [0.1, 0.15) is 51.4 Å². The van der Waals surface area contributed by atoms with E-state index in [1.807, 2.05) is 0 Å². The van der Waals surface area contributed by atoms with Gasteiger partial charge in [0.1, 0.15) is 0 Å². The van der Waals surface area contributed by atoms with Crippen LogP contribution >= 0.6 is 0 Å². The zero-order chi connectivity index (χ0) is 11.4. The van der Waals surface area contributed by atoms with Crippen molar-refractivity contribution in [3.63, 3.8) is 0 Å². The molecule has 0 aromatic heterocycles. The first-order valence-electron chi connectivity index (χ1n) is 6.71. The van der Waals surface area contributed by atoms with Crippen molar-refractivity contribution in [2.75, 3.05) is 13.1 Å². The van der Waals surface area contributed by atoms with Gasteiger partial charge < -0.3 is 5.11 Å². The Hall–Kier alpha value is -0.570. The minimum absolute atomic E-state index is 0.247. The lowest BCUT2D eigenvalue weighted by Crippen LogP contribution is -2.35. The van der Waals surface area contributed by atoms with E-state index >= 15 is 0 Å². The molecule has 16 heavy (non-hydrogen) atoms. The molecule has 1 atom stereocenters. The smallest absolute Gasteiger partial charge is 0.317 e. The first kappa shape index (κ1) is 11.9. The second-order valence-electron chi connectivity index (χ2n) is 5.40. The minimum atomic E-state index is -0.671. The van der Waals surface area contributed by atoms with Crippen molar-refractivity contribution < 1.29 is 9.90 Å². The van der Waals surface area contributed by atoms with Crippen LogP contribution in [0.5, 0.6) is 0 Å². The summed E-state index contributed by atoms with van der Waals surface area (Å²) in [6.45, 7) is 1.24. The fourth-order valence-corrected chi connectivity index (χ4v) is 3.35. The highest BCUT2D eigenvalue weighted by Gasteiger charge is 2.28. The van der Waals surface area contributed by atoms with Crippen LogP contribution in [0, 0.1) is 5.92 Å². The molecule has 2 aliphatic rings. The Bertz CT molecular complexity index is 236. The second kappa shape index (κ2) is 5.67. The normalized spacial score (nSPS) is 28.4. The molecular formula is C13H23NO2. The molecule has 0 radical (unpaired) electrons. The monoisotopic (exact) mass is 225 g/mol. The summed E-state index contributed by atoms with van der Waals surface area (Å²) in [4.78, 5) is 12.9. The lowest BCUT2D eigenvalue weighted by Gasteiger charge is -2.29. The van der Waals surface area contributed by atoms with Crippen molar-refractivity contribution in [2.24, 2.45) is 5.92 Å². The van der Waals surface area contributed by atoms with E-state index in [-0.39, 0.29) is 6.54 Å². The Morgan fingerprint density at radius 3 is 2.56 bits per heavy atom. The standard InChI is InChI=1S/C13H23NO2/c15-13(16)10-14-8-4-7-12(14)9-11-5-2-1-3-6-11/h11-12H,1-10H2,(H,15,16). The first-order chi connectivity index (χ1) is 7.75. The molecular weight excluding hydrogens is 202 g/mol. The van der Waals surface area contributed by atoms with Gasteiger partial charge in [-0.3, -0.25) is 9.69 Å². The van der Waals surface area contributed by atoms with Gasteiger partial charge in [-0.2, -0.15) is 0 Å². The van der Waals surface area contributed by atoms with Crippen molar-refractivity contribution in [1.29, 1.82) is 0 Å². The number of carboxylic acid groups (broad SMARTS) is 1. The summed E-state index contributed by atoms with van der Waals surface area (Å²) in [6, 6.07) is 0.555. The van der Waals surface area contributed by atoms with Crippen LogP contribution in [0.2, 0.25) is 0 Å². The lowest BCUT2D eigenvalue weighted by atomic mass is 9.84. The maximum Gasteiger partial charge on any atom is 0.317 e. The van der Waals surface area contributed by atoms with Crippen LogP contribution in [0.15, 0.2) is 0 Å². The number of hydrogen-bond donors (Lipinski definition) is 1. The summed E-state index contributed by atoms with van der Waals surface area (Å²) >= 11 is 0. The number of carbonyl (C=O) groups is 1.